The van der Waals surface area contributed by atoms with Gasteiger partial charge in [0.1, 0.15) is 0 Å². The second kappa shape index (κ2) is 6.62. The van der Waals surface area contributed by atoms with Gasteiger partial charge >= 0.3 is 23.8 Å². The first-order chi connectivity index (χ1) is 9.03. The molecular weight excluding hydrogens is 298 g/mol. The van der Waals surface area contributed by atoms with E-state index >= 15 is 0 Å². The van der Waals surface area contributed by atoms with Gasteiger partial charge in [-0.25, -0.2) is 18.4 Å². The van der Waals surface area contributed by atoms with E-state index in [9.17, 15) is 35.9 Å². The normalized spacial score (nSPS) is 13.6. The van der Waals surface area contributed by atoms with Crippen LogP contribution in [0.25, 0.3) is 0 Å². The zero-order valence-electron chi connectivity index (χ0n) is 10.3. The Kier molecular flexibility index (Phi) is 6.04. The molecule has 0 aromatic carbocycles. The Morgan fingerprint density at radius 1 is 0.850 bits per heavy atom. The van der Waals surface area contributed by atoms with Crippen LogP contribution in [0.4, 0.5) is 26.3 Å². The van der Waals surface area contributed by atoms with E-state index in [1.807, 2.05) is 0 Å². The first kappa shape index (κ1) is 18.3. The van der Waals surface area contributed by atoms with Crippen molar-refractivity contribution < 1.29 is 45.4 Å². The smallest absolute Gasteiger partial charge is 0.445 e. The highest BCUT2D eigenvalue weighted by molar-refractivity contribution is 6.06. The van der Waals surface area contributed by atoms with E-state index in [-0.39, 0.29) is 0 Å². The minimum Gasteiger partial charge on any atom is -0.463 e. The topological polar surface area (TPSA) is 52.6 Å². The molecule has 0 aromatic heterocycles. The second-order valence-corrected chi connectivity index (χ2v) is 3.23. The molecule has 0 aliphatic rings. The Balaban J connectivity index is 5.90. The van der Waals surface area contributed by atoms with Crippen LogP contribution >= 0.6 is 0 Å². The number of alkyl halides is 4. The number of ether oxygens (including phenoxy) is 2. The summed E-state index contributed by atoms with van der Waals surface area (Å²) < 4.78 is 83.9. The summed E-state index contributed by atoms with van der Waals surface area (Å²) in [5, 5.41) is 0. The number of carbonyl (C=O) groups is 2. The largest absolute Gasteiger partial charge is 0.463 e. The van der Waals surface area contributed by atoms with Gasteiger partial charge in [0, 0.05) is 0 Å². The lowest BCUT2D eigenvalue weighted by Crippen LogP contribution is -2.46. The van der Waals surface area contributed by atoms with E-state index in [0.717, 1.165) is 13.8 Å². The predicted octanol–water partition coefficient (Wildman–Crippen LogP) is 2.53. The van der Waals surface area contributed by atoms with Crippen molar-refractivity contribution in [3.8, 4) is 0 Å². The maximum Gasteiger partial charge on any atom is 0.445 e. The van der Waals surface area contributed by atoms with Gasteiger partial charge in [0.15, 0.2) is 0 Å². The Morgan fingerprint density at radius 2 is 1.20 bits per heavy atom. The molecule has 0 bridgehead atoms. The maximum atomic E-state index is 14.0. The molecule has 0 radical (unpaired) electrons. The van der Waals surface area contributed by atoms with Gasteiger partial charge in [-0.15, -0.1) is 0 Å². The molecule has 4 nitrogen and oxygen atoms in total. The number of halogens is 6. The quantitative estimate of drug-likeness (QED) is 0.445. The minimum atomic E-state index is -5.92. The fraction of sp³-hybridized carbons (Fsp3) is 0.600. The van der Waals surface area contributed by atoms with Crippen LogP contribution in [0.15, 0.2) is 11.7 Å². The monoisotopic (exact) mass is 308 g/mol. The van der Waals surface area contributed by atoms with Crippen LogP contribution in [-0.2, 0) is 19.1 Å². The van der Waals surface area contributed by atoms with E-state index in [4.69, 9.17) is 0 Å². The molecule has 0 aromatic rings. The third kappa shape index (κ3) is 3.64. The molecule has 0 atom stereocenters. The Morgan fingerprint density at radius 3 is 1.45 bits per heavy atom. The van der Waals surface area contributed by atoms with Crippen LogP contribution < -0.4 is 0 Å². The molecule has 0 spiro atoms. The third-order valence-electron chi connectivity index (χ3n) is 1.86. The van der Waals surface area contributed by atoms with Crippen molar-refractivity contribution in [3.63, 3.8) is 0 Å². The van der Waals surface area contributed by atoms with Crippen molar-refractivity contribution in [2.75, 3.05) is 13.2 Å². The molecule has 0 saturated carbocycles. The fourth-order valence-electron chi connectivity index (χ4n) is 0.999. The highest BCUT2D eigenvalue weighted by Crippen LogP contribution is 2.37. The van der Waals surface area contributed by atoms with Gasteiger partial charge in [-0.3, -0.25) is 0 Å². The van der Waals surface area contributed by atoms with Crippen LogP contribution in [0.5, 0.6) is 0 Å². The maximum absolute atomic E-state index is 14.0. The highest BCUT2D eigenvalue weighted by atomic mass is 19.4. The number of allylic oxidation sites excluding steroid dienone is 1. The van der Waals surface area contributed by atoms with Crippen LogP contribution in [-0.4, -0.2) is 37.0 Å². The van der Waals surface area contributed by atoms with Crippen molar-refractivity contribution in [1.82, 2.24) is 0 Å². The molecule has 0 heterocycles. The van der Waals surface area contributed by atoms with Gasteiger partial charge in [0.05, 0.1) is 13.2 Å². The summed E-state index contributed by atoms with van der Waals surface area (Å²) in [7, 11) is 0. The minimum absolute atomic E-state index is 0.579. The van der Waals surface area contributed by atoms with E-state index < -0.39 is 48.7 Å². The number of esters is 2. The van der Waals surface area contributed by atoms with Crippen LogP contribution in [0.3, 0.4) is 0 Å². The van der Waals surface area contributed by atoms with Crippen LogP contribution in [0.2, 0.25) is 0 Å². The van der Waals surface area contributed by atoms with Gasteiger partial charge in [-0.05, 0) is 13.8 Å². The Labute approximate surface area is 109 Å². The highest BCUT2D eigenvalue weighted by Gasteiger charge is 2.59. The van der Waals surface area contributed by atoms with E-state index in [0.29, 0.717) is 0 Å². The average Bonchev–Trinajstić information content (AvgIpc) is 2.35. The molecule has 10 heteroatoms. The van der Waals surface area contributed by atoms with Gasteiger partial charge in [-0.2, -0.15) is 17.6 Å². The van der Waals surface area contributed by atoms with Gasteiger partial charge < -0.3 is 9.47 Å². The summed E-state index contributed by atoms with van der Waals surface area (Å²) in [5.41, 5.74) is -4.65. The SMILES string of the molecule is CCOC(=O)C(F)(C(=O)OCC)C(F)=C(F)C(F)(F)F. The third-order valence-corrected chi connectivity index (χ3v) is 1.86. The van der Waals surface area contributed by atoms with Gasteiger partial charge in [-0.1, -0.05) is 0 Å². The van der Waals surface area contributed by atoms with Gasteiger partial charge in [0.25, 0.3) is 0 Å². The molecule has 20 heavy (non-hydrogen) atoms. The van der Waals surface area contributed by atoms with E-state index in [1.54, 1.807) is 0 Å². The second-order valence-electron chi connectivity index (χ2n) is 3.23. The van der Waals surface area contributed by atoms with Crippen molar-refractivity contribution in [2.45, 2.75) is 25.7 Å². The predicted molar refractivity (Wildman–Crippen MR) is 52.4 cm³/mol. The average molecular weight is 308 g/mol. The molecular formula is C10H10F6O4. The Bertz CT molecular complexity index is 396. The number of carbonyl (C=O) groups excluding carboxylic acids is 2. The molecule has 0 aliphatic carbocycles. The molecule has 116 valence electrons. The van der Waals surface area contributed by atoms with Crippen molar-refractivity contribution in [1.29, 1.82) is 0 Å². The van der Waals surface area contributed by atoms with Crippen molar-refractivity contribution in [3.05, 3.63) is 11.7 Å². The zero-order chi connectivity index (χ0) is 16.1. The molecule has 0 aliphatic heterocycles. The standard InChI is InChI=1S/C10H10F6O4/c1-3-19-7(17)9(13,8(18)20-4-2)5(11)6(12)10(14,15)16/h3-4H2,1-2H3. The summed E-state index contributed by atoms with van der Waals surface area (Å²) in [6, 6.07) is 0. The molecule has 0 saturated heterocycles. The lowest BCUT2D eigenvalue weighted by atomic mass is 10.0. The first-order valence-electron chi connectivity index (χ1n) is 5.19. The zero-order valence-corrected chi connectivity index (χ0v) is 10.3. The molecule has 0 N–H and O–H groups in total. The lowest BCUT2D eigenvalue weighted by molar-refractivity contribution is -0.173. The summed E-state index contributed by atoms with van der Waals surface area (Å²) in [4.78, 5) is 22.3. The number of rotatable bonds is 5. The Hall–Kier alpha value is -1.74. The summed E-state index contributed by atoms with van der Waals surface area (Å²) in [5.74, 6) is -11.5. The van der Waals surface area contributed by atoms with Crippen molar-refractivity contribution in [2.24, 2.45) is 0 Å². The van der Waals surface area contributed by atoms with Gasteiger partial charge in [0.2, 0.25) is 11.7 Å². The number of hydrogen-bond donors (Lipinski definition) is 0. The first-order valence-corrected chi connectivity index (χ1v) is 5.19. The summed E-state index contributed by atoms with van der Waals surface area (Å²) in [6.07, 6.45) is -5.92. The molecule has 0 unspecified atom stereocenters. The fourth-order valence-corrected chi connectivity index (χ4v) is 0.999. The summed E-state index contributed by atoms with van der Waals surface area (Å²) >= 11 is 0. The van der Waals surface area contributed by atoms with Crippen LogP contribution in [0.1, 0.15) is 13.8 Å². The van der Waals surface area contributed by atoms with E-state index in [2.05, 4.69) is 9.47 Å². The number of hydrogen-bond acceptors (Lipinski definition) is 4. The molecule has 0 fully saturated rings. The van der Waals surface area contributed by atoms with Crippen molar-refractivity contribution >= 4 is 11.9 Å². The van der Waals surface area contributed by atoms with Crippen LogP contribution in [0, 0.1) is 0 Å². The summed E-state index contributed by atoms with van der Waals surface area (Å²) in [6.45, 7) is 1.08. The molecule has 0 rings (SSSR count). The lowest BCUT2D eigenvalue weighted by Gasteiger charge is -2.20. The van der Waals surface area contributed by atoms with E-state index in [1.165, 1.54) is 0 Å². The molecule has 0 amide bonds.